The normalized spacial score (nSPS) is 17.6. The molecule has 6 heteroatoms. The van der Waals surface area contributed by atoms with Crippen LogP contribution in [0.15, 0.2) is 18.2 Å². The van der Waals surface area contributed by atoms with Gasteiger partial charge < -0.3 is 14.2 Å². The summed E-state index contributed by atoms with van der Waals surface area (Å²) in [5.41, 5.74) is 0.569. The molecule has 2 aliphatic heterocycles. The first-order valence-electron chi connectivity index (χ1n) is 5.01. The Hall–Kier alpha value is -0.810. The highest BCUT2D eigenvalue weighted by atomic mass is 35.5. The first-order valence-corrected chi connectivity index (χ1v) is 5.93. The van der Waals surface area contributed by atoms with Gasteiger partial charge in [-0.1, -0.05) is 11.6 Å². The number of fused-ring (bicyclic) bond motifs is 2. The molecule has 1 aromatic rings. The minimum Gasteiger partial charge on any atom is -0.421 e. The fraction of sp³-hybridized carbons (Fsp3) is 0.364. The topological polar surface area (TPSA) is 44.8 Å². The van der Waals surface area contributed by atoms with E-state index in [0.29, 0.717) is 35.4 Å². The molecule has 17 heavy (non-hydrogen) atoms. The zero-order chi connectivity index (χ0) is 12.3. The summed E-state index contributed by atoms with van der Waals surface area (Å²) in [6.07, 6.45) is -0.137. The van der Waals surface area contributed by atoms with Gasteiger partial charge in [-0.05, 0) is 18.2 Å². The van der Waals surface area contributed by atoms with Gasteiger partial charge in [-0.3, -0.25) is 0 Å². The number of carbonyl (C=O) groups is 1. The van der Waals surface area contributed by atoms with Gasteiger partial charge in [-0.2, -0.15) is 0 Å². The molecule has 92 valence electrons. The number of hydrogen-bond donors (Lipinski definition) is 0. The predicted molar refractivity (Wildman–Crippen MR) is 62.8 cm³/mol. The standard InChI is InChI=1S/C7H3ClO2.C4H7ClO2/c8-5-2-1-4-3-6(5)10-7(4)9;5-3-4-6-1-2-7-4/h1-3H;4H,1-3H2. The van der Waals surface area contributed by atoms with E-state index in [0.717, 1.165) is 0 Å². The van der Waals surface area contributed by atoms with Crippen LogP contribution >= 0.6 is 23.2 Å². The third kappa shape index (κ3) is 3.10. The molecule has 0 atom stereocenters. The highest BCUT2D eigenvalue weighted by molar-refractivity contribution is 6.32. The smallest absolute Gasteiger partial charge is 0.343 e. The van der Waals surface area contributed by atoms with Crippen LogP contribution in [0.1, 0.15) is 10.4 Å². The molecule has 0 aliphatic carbocycles. The molecule has 2 aliphatic rings. The lowest BCUT2D eigenvalue weighted by atomic mass is 10.2. The van der Waals surface area contributed by atoms with Crippen LogP contribution in [0.5, 0.6) is 5.75 Å². The molecule has 0 spiro atoms. The maximum Gasteiger partial charge on any atom is 0.343 e. The van der Waals surface area contributed by atoms with Gasteiger partial charge in [0.2, 0.25) is 0 Å². The van der Waals surface area contributed by atoms with Gasteiger partial charge in [0.1, 0.15) is 0 Å². The Kier molecular flexibility index (Phi) is 4.23. The lowest BCUT2D eigenvalue weighted by Gasteiger charge is -1.99. The third-order valence-electron chi connectivity index (χ3n) is 2.19. The van der Waals surface area contributed by atoms with Crippen LogP contribution in [0.25, 0.3) is 0 Å². The van der Waals surface area contributed by atoms with E-state index in [2.05, 4.69) is 0 Å². The molecule has 2 heterocycles. The van der Waals surface area contributed by atoms with E-state index in [9.17, 15) is 4.79 Å². The largest absolute Gasteiger partial charge is 0.421 e. The van der Waals surface area contributed by atoms with Crippen molar-refractivity contribution in [1.29, 1.82) is 0 Å². The van der Waals surface area contributed by atoms with Gasteiger partial charge >= 0.3 is 5.97 Å². The van der Waals surface area contributed by atoms with Crippen molar-refractivity contribution in [2.75, 3.05) is 19.1 Å². The molecule has 0 unspecified atom stereocenters. The molecule has 1 fully saturated rings. The summed E-state index contributed by atoms with van der Waals surface area (Å²) in [6.45, 7) is 1.38. The van der Waals surface area contributed by atoms with Crippen molar-refractivity contribution in [2.24, 2.45) is 0 Å². The van der Waals surface area contributed by atoms with Gasteiger partial charge in [0, 0.05) is 0 Å². The van der Waals surface area contributed by atoms with E-state index < -0.39 is 0 Å². The summed E-state index contributed by atoms with van der Waals surface area (Å²) in [5, 5.41) is 0.481. The molecule has 0 amide bonds. The van der Waals surface area contributed by atoms with Crippen molar-refractivity contribution in [3.63, 3.8) is 0 Å². The van der Waals surface area contributed by atoms with Gasteiger partial charge in [-0.25, -0.2) is 4.79 Å². The van der Waals surface area contributed by atoms with Crippen molar-refractivity contribution >= 4 is 29.2 Å². The summed E-state index contributed by atoms with van der Waals surface area (Å²) < 4.78 is 14.6. The Morgan fingerprint density at radius 2 is 2.00 bits per heavy atom. The molecule has 3 rings (SSSR count). The third-order valence-corrected chi connectivity index (χ3v) is 2.75. The molecular formula is C11H10Cl2O4. The Morgan fingerprint density at radius 1 is 1.29 bits per heavy atom. The fourth-order valence-corrected chi connectivity index (χ4v) is 1.70. The van der Waals surface area contributed by atoms with Gasteiger partial charge in [0.25, 0.3) is 0 Å². The molecule has 2 bridgehead atoms. The number of carbonyl (C=O) groups excluding carboxylic acids is 1. The molecule has 0 aromatic heterocycles. The number of esters is 1. The monoisotopic (exact) mass is 276 g/mol. The van der Waals surface area contributed by atoms with Gasteiger partial charge in [0.15, 0.2) is 12.0 Å². The van der Waals surface area contributed by atoms with Crippen LogP contribution in [0.3, 0.4) is 0 Å². The maximum absolute atomic E-state index is 10.8. The van der Waals surface area contributed by atoms with Crippen LogP contribution in [0.4, 0.5) is 0 Å². The zero-order valence-corrected chi connectivity index (χ0v) is 10.3. The quantitative estimate of drug-likeness (QED) is 0.584. The molecule has 1 saturated heterocycles. The second-order valence-corrected chi connectivity index (χ2v) is 4.08. The maximum atomic E-state index is 10.8. The average Bonchev–Trinajstić information content (AvgIpc) is 2.94. The summed E-state index contributed by atoms with van der Waals surface area (Å²) in [5.74, 6) is 0.589. The van der Waals surface area contributed by atoms with Gasteiger partial charge in [-0.15, -0.1) is 11.6 Å². The SMILES string of the molecule is ClCC1OCCO1.O=C1Oc2cc1ccc2Cl. The number of rotatable bonds is 1. The molecule has 0 saturated carbocycles. The fourth-order valence-electron chi connectivity index (χ4n) is 1.36. The van der Waals surface area contributed by atoms with Crippen molar-refractivity contribution in [3.8, 4) is 5.75 Å². The minimum absolute atomic E-state index is 0.137. The van der Waals surface area contributed by atoms with E-state index in [1.807, 2.05) is 0 Å². The van der Waals surface area contributed by atoms with Crippen molar-refractivity contribution in [2.45, 2.75) is 6.29 Å². The minimum atomic E-state index is -0.318. The van der Waals surface area contributed by atoms with Crippen LogP contribution in [-0.2, 0) is 9.47 Å². The summed E-state index contributed by atoms with van der Waals surface area (Å²) in [4.78, 5) is 10.8. The van der Waals surface area contributed by atoms with E-state index in [-0.39, 0.29) is 12.3 Å². The van der Waals surface area contributed by atoms with E-state index in [4.69, 9.17) is 37.4 Å². The van der Waals surface area contributed by atoms with Crippen LogP contribution in [-0.4, -0.2) is 31.4 Å². The van der Waals surface area contributed by atoms with E-state index in [1.54, 1.807) is 18.2 Å². The van der Waals surface area contributed by atoms with Crippen molar-refractivity contribution in [3.05, 3.63) is 28.8 Å². The summed E-state index contributed by atoms with van der Waals surface area (Å²) in [6, 6.07) is 4.92. The molecule has 1 aromatic carbocycles. The van der Waals surface area contributed by atoms with E-state index in [1.165, 1.54) is 0 Å². The van der Waals surface area contributed by atoms with Gasteiger partial charge in [0.05, 0.1) is 29.7 Å². The Bertz CT molecular complexity index is 416. The van der Waals surface area contributed by atoms with Crippen LogP contribution < -0.4 is 4.74 Å². The van der Waals surface area contributed by atoms with Crippen LogP contribution in [0.2, 0.25) is 5.02 Å². The first kappa shape index (κ1) is 12.6. The molecule has 0 N–H and O–H groups in total. The predicted octanol–water partition coefficient (Wildman–Crippen LogP) is 2.47. The van der Waals surface area contributed by atoms with Crippen molar-refractivity contribution in [1.82, 2.24) is 0 Å². The van der Waals surface area contributed by atoms with Crippen LogP contribution in [0, 0.1) is 0 Å². The highest BCUT2D eigenvalue weighted by Gasteiger charge is 2.19. The summed E-state index contributed by atoms with van der Waals surface area (Å²) in [7, 11) is 0. The molecular weight excluding hydrogens is 267 g/mol. The second kappa shape index (κ2) is 5.69. The molecule has 4 nitrogen and oxygen atoms in total. The Morgan fingerprint density at radius 3 is 2.53 bits per heavy atom. The highest BCUT2D eigenvalue weighted by Crippen LogP contribution is 2.30. The molecule has 0 radical (unpaired) electrons. The number of hydrogen-bond acceptors (Lipinski definition) is 4. The lowest BCUT2D eigenvalue weighted by Crippen LogP contribution is -2.07. The number of alkyl halides is 1. The Balaban J connectivity index is 0.000000136. The first-order chi connectivity index (χ1) is 8.20. The average molecular weight is 277 g/mol. The van der Waals surface area contributed by atoms with E-state index >= 15 is 0 Å². The lowest BCUT2D eigenvalue weighted by molar-refractivity contribution is -0.0225. The van der Waals surface area contributed by atoms with Crippen molar-refractivity contribution < 1.29 is 19.0 Å². The number of benzene rings is 1. The summed E-state index contributed by atoms with van der Waals surface area (Å²) >= 11 is 11.0. The number of ether oxygens (including phenoxy) is 3. The zero-order valence-electron chi connectivity index (χ0n) is 8.82. The second-order valence-electron chi connectivity index (χ2n) is 3.36. The Labute approximate surface area is 108 Å². The number of halogens is 2.